The summed E-state index contributed by atoms with van der Waals surface area (Å²) in [7, 11) is -17.0. The molecule has 0 radical (unpaired) electrons. The largest absolute Gasteiger partial charge is 0.490 e. The van der Waals surface area contributed by atoms with Crippen molar-refractivity contribution in [1.29, 1.82) is 0 Å². The van der Waals surface area contributed by atoms with Crippen molar-refractivity contribution >= 4 is 63.8 Å². The van der Waals surface area contributed by atoms with Gasteiger partial charge in [-0.1, -0.05) is 11.6 Å². The molecule has 0 spiro atoms. The molecule has 0 saturated carbocycles. The molecule has 0 amide bonds. The first-order valence-corrected chi connectivity index (χ1v) is 15.7. The summed E-state index contributed by atoms with van der Waals surface area (Å²) in [6.45, 7) is -0.952. The van der Waals surface area contributed by atoms with Gasteiger partial charge in [0.1, 0.15) is 18.4 Å². The number of ether oxygens (including phenoxy) is 2. The molecule has 1 aliphatic rings. The van der Waals surface area contributed by atoms with Gasteiger partial charge in [-0.05, 0) is 18.2 Å². The number of halogens is 1. The number of fused-ring (bicyclic) bond motifs is 1. The molecule has 1 saturated heterocycles. The van der Waals surface area contributed by atoms with Gasteiger partial charge in [-0.25, -0.2) is 23.5 Å². The van der Waals surface area contributed by atoms with E-state index in [1.54, 1.807) is 0 Å². The lowest BCUT2D eigenvalue weighted by Gasteiger charge is -2.21. The van der Waals surface area contributed by atoms with Crippen LogP contribution in [0.4, 0.5) is 11.6 Å². The number of esters is 1. The molecule has 5 atom stereocenters. The van der Waals surface area contributed by atoms with Crippen LogP contribution in [0.15, 0.2) is 29.3 Å². The van der Waals surface area contributed by atoms with Crippen molar-refractivity contribution < 1.29 is 60.7 Å². The van der Waals surface area contributed by atoms with Crippen molar-refractivity contribution in [1.82, 2.24) is 19.5 Å². The number of carbonyl (C=O) groups excluding carboxylic acids is 1. The van der Waals surface area contributed by atoms with E-state index in [0.29, 0.717) is 0 Å². The highest BCUT2D eigenvalue weighted by atomic mass is 35.5. The fourth-order valence-corrected chi connectivity index (χ4v) is 6.88. The highest BCUT2D eigenvalue weighted by Crippen LogP contribution is 2.66. The van der Waals surface area contributed by atoms with Crippen molar-refractivity contribution in [2.75, 3.05) is 18.1 Å². The minimum absolute atomic E-state index is 0.0131. The summed E-state index contributed by atoms with van der Waals surface area (Å²) in [5.74, 6) is -1.22. The normalized spacial score (nSPS) is 22.3. The van der Waals surface area contributed by atoms with Gasteiger partial charge >= 0.3 is 29.4 Å². The van der Waals surface area contributed by atoms with Gasteiger partial charge in [0.2, 0.25) is 5.95 Å². The van der Waals surface area contributed by atoms with Gasteiger partial charge in [-0.3, -0.25) is 18.9 Å². The SMILES string of the molecule is Nc1nc2c(ncn2[C@H]2C[C@H](OC(=O)c3cc(Cl)ccc3N)[C@@H](COP(=O)(O)OP(=O)(O)OP(=O)(O)O)O2)c(=O)[nH]1. The number of aromatic nitrogens is 4. The minimum Gasteiger partial charge on any atom is -0.456 e. The number of anilines is 2. The van der Waals surface area contributed by atoms with Gasteiger partial charge in [-0.2, -0.15) is 13.6 Å². The number of rotatable bonds is 10. The zero-order valence-electron chi connectivity index (χ0n) is 20.0. The number of nitrogens with one attached hydrogen (secondary N) is 1. The Bertz CT molecular complexity index is 1690. The monoisotopic (exact) mass is 660 g/mol. The molecule has 1 aromatic carbocycles. The molecule has 2 unspecified atom stereocenters. The Morgan fingerprint density at radius 2 is 1.88 bits per heavy atom. The van der Waals surface area contributed by atoms with E-state index < -0.39 is 60.0 Å². The number of nitrogen functional groups attached to an aromatic ring is 2. The molecule has 2 aromatic heterocycles. The molecule has 0 bridgehead atoms. The van der Waals surface area contributed by atoms with Crippen molar-refractivity contribution in [3.05, 3.63) is 45.5 Å². The Labute approximate surface area is 232 Å². The van der Waals surface area contributed by atoms with Crippen LogP contribution in [-0.4, -0.2) is 63.9 Å². The average molecular weight is 661 g/mol. The number of aromatic amines is 1. The first-order chi connectivity index (χ1) is 18.9. The number of benzene rings is 1. The van der Waals surface area contributed by atoms with Crippen molar-refractivity contribution in [2.24, 2.45) is 0 Å². The topological polar surface area (TPSA) is 311 Å². The number of carbonyl (C=O) groups is 1. The maximum atomic E-state index is 12.9. The number of hydrogen-bond donors (Lipinski definition) is 7. The van der Waals surface area contributed by atoms with E-state index in [0.717, 1.165) is 0 Å². The lowest BCUT2D eigenvalue weighted by molar-refractivity contribution is -0.0489. The second-order valence-electron chi connectivity index (χ2n) is 8.20. The van der Waals surface area contributed by atoms with E-state index in [-0.39, 0.29) is 39.8 Å². The Hall–Kier alpha value is -2.70. The van der Waals surface area contributed by atoms with Crippen LogP contribution in [0.25, 0.3) is 11.2 Å². The molecule has 3 heterocycles. The van der Waals surface area contributed by atoms with Gasteiger partial charge in [0.25, 0.3) is 5.56 Å². The zero-order chi connectivity index (χ0) is 30.3. The summed E-state index contributed by atoms with van der Waals surface area (Å²) < 4.78 is 59.3. The van der Waals surface area contributed by atoms with Gasteiger partial charge < -0.3 is 40.5 Å². The van der Waals surface area contributed by atoms with Crippen LogP contribution in [-0.2, 0) is 36.3 Å². The van der Waals surface area contributed by atoms with E-state index >= 15 is 0 Å². The standard InChI is InChI=1S/C17H20ClN6O14P3/c18-7-1-2-9(19)8(3-7)16(26)36-10-4-12(24-6-21-13-14(24)22-17(20)23-15(13)25)35-11(10)5-34-40(30,31)38-41(32,33)37-39(27,28)29/h1-3,6,10-12H,4-5,19H2,(H,30,31)(H,32,33)(H2,27,28,29)(H3,20,22,23,25)/t10-,11+,12+/m0/s1. The number of H-pyrrole nitrogens is 1. The molecule has 24 heteroatoms. The van der Waals surface area contributed by atoms with Crippen LogP contribution >= 0.6 is 35.1 Å². The predicted molar refractivity (Wildman–Crippen MR) is 136 cm³/mol. The first kappa shape index (κ1) is 31.2. The molecule has 4 rings (SSSR count). The second kappa shape index (κ2) is 11.5. The fraction of sp³-hybridized carbons (Fsp3) is 0.294. The lowest BCUT2D eigenvalue weighted by Crippen LogP contribution is -2.31. The zero-order valence-corrected chi connectivity index (χ0v) is 23.5. The maximum Gasteiger partial charge on any atom is 0.490 e. The number of hydrogen-bond acceptors (Lipinski definition) is 14. The minimum atomic E-state index is -5.79. The van der Waals surface area contributed by atoms with Crippen LogP contribution in [0.3, 0.4) is 0 Å². The highest BCUT2D eigenvalue weighted by Gasteiger charge is 2.44. The molecule has 1 aliphatic heterocycles. The molecule has 3 aromatic rings. The molecule has 0 aliphatic carbocycles. The Balaban J connectivity index is 1.58. The smallest absolute Gasteiger partial charge is 0.456 e. The molecule has 1 fully saturated rings. The maximum absolute atomic E-state index is 12.9. The third-order valence-corrected chi connectivity index (χ3v) is 9.29. The van der Waals surface area contributed by atoms with E-state index in [1.165, 1.54) is 29.1 Å². The van der Waals surface area contributed by atoms with E-state index in [4.69, 9.17) is 42.3 Å². The number of phosphoric acid groups is 3. The molecule has 41 heavy (non-hydrogen) atoms. The number of imidazole rings is 1. The predicted octanol–water partition coefficient (Wildman–Crippen LogP) is 0.794. The summed E-state index contributed by atoms with van der Waals surface area (Å²) in [5.41, 5.74) is 10.5. The summed E-state index contributed by atoms with van der Waals surface area (Å²) in [6, 6.07) is 4.01. The molecule has 9 N–H and O–H groups in total. The van der Waals surface area contributed by atoms with E-state index in [1.807, 2.05) is 0 Å². The summed E-state index contributed by atoms with van der Waals surface area (Å²) in [6.07, 6.45) is -2.76. The van der Waals surface area contributed by atoms with E-state index in [9.17, 15) is 33.1 Å². The van der Waals surface area contributed by atoms with Crippen LogP contribution in [0, 0.1) is 0 Å². The first-order valence-electron chi connectivity index (χ1n) is 10.9. The van der Waals surface area contributed by atoms with Gasteiger partial charge in [0.05, 0.1) is 18.5 Å². The third-order valence-electron chi connectivity index (χ3n) is 5.25. The summed E-state index contributed by atoms with van der Waals surface area (Å²) >= 11 is 5.93. The Kier molecular flexibility index (Phi) is 8.78. The van der Waals surface area contributed by atoms with Gasteiger partial charge in [0, 0.05) is 17.1 Å². The second-order valence-corrected chi connectivity index (χ2v) is 13.1. The number of nitrogens with two attached hydrogens (primary N) is 2. The molecule has 224 valence electrons. The third kappa shape index (κ3) is 7.78. The number of phosphoric ester groups is 1. The van der Waals surface area contributed by atoms with Crippen molar-refractivity contribution in [2.45, 2.75) is 24.9 Å². The van der Waals surface area contributed by atoms with Gasteiger partial charge in [-0.15, -0.1) is 0 Å². The number of nitrogens with zero attached hydrogens (tertiary/aromatic N) is 3. The quantitative estimate of drug-likeness (QED) is 0.0897. The van der Waals surface area contributed by atoms with Crippen LogP contribution in [0.1, 0.15) is 23.0 Å². The summed E-state index contributed by atoms with van der Waals surface area (Å²) in [4.78, 5) is 71.8. The Morgan fingerprint density at radius 3 is 2.56 bits per heavy atom. The lowest BCUT2D eigenvalue weighted by atomic mass is 10.1. The molecule has 20 nitrogen and oxygen atoms in total. The Morgan fingerprint density at radius 1 is 1.17 bits per heavy atom. The van der Waals surface area contributed by atoms with E-state index in [2.05, 4.69) is 28.1 Å². The van der Waals surface area contributed by atoms with Crippen LogP contribution in [0.5, 0.6) is 0 Å². The van der Waals surface area contributed by atoms with Crippen molar-refractivity contribution in [3.63, 3.8) is 0 Å². The molecular formula is C17H20ClN6O14P3. The fourth-order valence-electron chi connectivity index (χ4n) is 3.68. The van der Waals surface area contributed by atoms with Gasteiger partial charge in [0.15, 0.2) is 11.2 Å². The van der Waals surface area contributed by atoms with Crippen molar-refractivity contribution in [3.8, 4) is 0 Å². The molecular weight excluding hydrogens is 641 g/mol. The average Bonchev–Trinajstić information content (AvgIpc) is 3.41. The van der Waals surface area contributed by atoms with Crippen LogP contribution < -0.4 is 17.0 Å². The summed E-state index contributed by atoms with van der Waals surface area (Å²) in [5, 5.41) is 0.162. The van der Waals surface area contributed by atoms with Crippen LogP contribution in [0.2, 0.25) is 5.02 Å². The highest BCUT2D eigenvalue weighted by molar-refractivity contribution is 7.66.